The van der Waals surface area contributed by atoms with E-state index in [2.05, 4.69) is 24.0 Å². The fourth-order valence-corrected chi connectivity index (χ4v) is 8.29. The minimum atomic E-state index is -0.454. The molecule has 5 rings (SSSR count). The van der Waals surface area contributed by atoms with Gasteiger partial charge in [-0.25, -0.2) is 4.79 Å². The van der Waals surface area contributed by atoms with E-state index >= 15 is 0 Å². The molecule has 3 saturated carbocycles. The lowest BCUT2D eigenvalue weighted by atomic mass is 9.46. The summed E-state index contributed by atoms with van der Waals surface area (Å²) in [6, 6.07) is 5.66. The molecule has 35 heavy (non-hydrogen) atoms. The van der Waals surface area contributed by atoms with Crippen LogP contribution < -0.4 is 0 Å². The molecule has 1 aromatic rings. The van der Waals surface area contributed by atoms with Crippen molar-refractivity contribution in [1.82, 2.24) is 9.88 Å². The second-order valence-corrected chi connectivity index (χ2v) is 11.9. The molecule has 6 atom stereocenters. The number of pyridine rings is 1. The van der Waals surface area contributed by atoms with Crippen LogP contribution in [0.3, 0.4) is 0 Å². The molecule has 0 bridgehead atoms. The summed E-state index contributed by atoms with van der Waals surface area (Å²) >= 11 is 0. The third kappa shape index (κ3) is 4.23. The number of allylic oxidation sites excluding steroid dienone is 1. The normalized spacial score (nSPS) is 36.5. The summed E-state index contributed by atoms with van der Waals surface area (Å²) < 4.78 is 0. The van der Waals surface area contributed by atoms with Crippen molar-refractivity contribution >= 4 is 17.6 Å². The first-order chi connectivity index (χ1) is 16.7. The number of amides is 1. The molecular formula is C29H39N3O3. The first-order valence-electron chi connectivity index (χ1n) is 13.3. The van der Waals surface area contributed by atoms with Gasteiger partial charge in [0.15, 0.2) is 5.78 Å². The molecule has 6 heteroatoms. The van der Waals surface area contributed by atoms with E-state index < -0.39 is 6.09 Å². The zero-order chi connectivity index (χ0) is 24.8. The second kappa shape index (κ2) is 9.18. The number of carbonyl (C=O) groups is 2. The van der Waals surface area contributed by atoms with Crippen molar-refractivity contribution in [3.8, 4) is 0 Å². The maximum atomic E-state index is 12.5. The fourth-order valence-electron chi connectivity index (χ4n) is 8.29. The predicted octanol–water partition coefficient (Wildman–Crippen LogP) is 6.17. The van der Waals surface area contributed by atoms with Crippen LogP contribution in [-0.2, 0) is 16.2 Å². The number of hydrogen-bond donors (Lipinski definition) is 0. The van der Waals surface area contributed by atoms with Crippen molar-refractivity contribution in [2.45, 2.75) is 78.7 Å². The molecular weight excluding hydrogens is 438 g/mol. The second-order valence-electron chi connectivity index (χ2n) is 11.9. The molecule has 0 spiro atoms. The van der Waals surface area contributed by atoms with Crippen molar-refractivity contribution in [3.63, 3.8) is 0 Å². The van der Waals surface area contributed by atoms with Gasteiger partial charge in [-0.3, -0.25) is 14.6 Å². The molecule has 3 fully saturated rings. The molecule has 188 valence electrons. The van der Waals surface area contributed by atoms with Crippen molar-refractivity contribution < 1.29 is 14.4 Å². The van der Waals surface area contributed by atoms with Crippen molar-refractivity contribution in [2.75, 3.05) is 7.05 Å². The Kier molecular flexibility index (Phi) is 6.35. The van der Waals surface area contributed by atoms with Crippen LogP contribution in [0.1, 0.15) is 77.8 Å². The highest BCUT2D eigenvalue weighted by molar-refractivity contribution is 5.91. The first-order valence-corrected chi connectivity index (χ1v) is 13.3. The smallest absolute Gasteiger partial charge is 0.303 e. The summed E-state index contributed by atoms with van der Waals surface area (Å²) in [4.78, 5) is 35.8. The van der Waals surface area contributed by atoms with E-state index in [0.29, 0.717) is 42.4 Å². The van der Waals surface area contributed by atoms with E-state index in [0.717, 1.165) is 30.7 Å². The topological polar surface area (TPSA) is 71.9 Å². The van der Waals surface area contributed by atoms with Crippen LogP contribution in [0.25, 0.3) is 0 Å². The Balaban J connectivity index is 1.26. The average molecular weight is 478 g/mol. The molecule has 4 aliphatic carbocycles. The lowest BCUT2D eigenvalue weighted by Crippen LogP contribution is -2.51. The molecule has 1 amide bonds. The third-order valence-corrected chi connectivity index (χ3v) is 10.2. The third-order valence-electron chi connectivity index (χ3n) is 10.2. The highest BCUT2D eigenvalue weighted by Crippen LogP contribution is 2.66. The molecule has 4 aliphatic rings. The standard InChI is InChI=1S/C29H39N3O3/c1-19(31-35-27(34)32(4)18-21-7-5-6-16-30-21)24-10-11-25-23-9-8-20-17-22(33)12-14-28(20,2)26(23)13-15-29(24,25)3/h5-7,16-17,23-26H,8-15,18H2,1-4H3/b31-19+/t23-,24+,25-,26-,28-,29+/m0/s1. The zero-order valence-electron chi connectivity index (χ0n) is 21.6. The first kappa shape index (κ1) is 24.2. The number of fused-ring (bicyclic) bond motifs is 5. The van der Waals surface area contributed by atoms with Crippen molar-refractivity contribution in [2.24, 2.45) is 39.7 Å². The van der Waals surface area contributed by atoms with Crippen LogP contribution >= 0.6 is 0 Å². The van der Waals surface area contributed by atoms with Gasteiger partial charge in [-0.2, -0.15) is 0 Å². The van der Waals surface area contributed by atoms with Gasteiger partial charge in [-0.05, 0) is 98.7 Å². The van der Waals surface area contributed by atoms with E-state index in [1.807, 2.05) is 31.2 Å². The van der Waals surface area contributed by atoms with E-state index in [1.165, 1.54) is 36.2 Å². The molecule has 0 N–H and O–H groups in total. The van der Waals surface area contributed by atoms with Gasteiger partial charge in [0.05, 0.1) is 18.0 Å². The van der Waals surface area contributed by atoms with E-state index in [4.69, 9.17) is 4.84 Å². The summed E-state index contributed by atoms with van der Waals surface area (Å²) in [5.41, 5.74) is 3.58. The van der Waals surface area contributed by atoms with Crippen LogP contribution in [0, 0.1) is 34.5 Å². The Morgan fingerprint density at radius 1 is 1.14 bits per heavy atom. The molecule has 0 aromatic carbocycles. The summed E-state index contributed by atoms with van der Waals surface area (Å²) in [6.07, 6.45) is 12.0. The summed E-state index contributed by atoms with van der Waals surface area (Å²) in [5.74, 6) is 2.75. The van der Waals surface area contributed by atoms with E-state index in [9.17, 15) is 9.59 Å². The maximum Gasteiger partial charge on any atom is 0.436 e. The Morgan fingerprint density at radius 2 is 1.97 bits per heavy atom. The summed E-state index contributed by atoms with van der Waals surface area (Å²) in [7, 11) is 1.71. The monoisotopic (exact) mass is 477 g/mol. The summed E-state index contributed by atoms with van der Waals surface area (Å²) in [6.45, 7) is 7.32. The van der Waals surface area contributed by atoms with Gasteiger partial charge in [-0.15, -0.1) is 0 Å². The lowest BCUT2D eigenvalue weighted by molar-refractivity contribution is -0.117. The van der Waals surface area contributed by atoms with Gasteiger partial charge in [-0.1, -0.05) is 30.6 Å². The molecule has 1 aromatic heterocycles. The number of hydrogen-bond acceptors (Lipinski definition) is 5. The summed E-state index contributed by atoms with van der Waals surface area (Å²) in [5, 5.41) is 4.36. The lowest BCUT2D eigenvalue weighted by Gasteiger charge is -2.58. The Morgan fingerprint density at radius 3 is 2.74 bits per heavy atom. The molecule has 0 radical (unpaired) electrons. The van der Waals surface area contributed by atoms with E-state index in [1.54, 1.807) is 13.2 Å². The number of oxime groups is 1. The molecule has 0 saturated heterocycles. The predicted molar refractivity (Wildman–Crippen MR) is 135 cm³/mol. The van der Waals surface area contributed by atoms with Gasteiger partial charge in [0.2, 0.25) is 0 Å². The Hall–Kier alpha value is -2.50. The van der Waals surface area contributed by atoms with Gasteiger partial charge < -0.3 is 4.90 Å². The fraction of sp³-hybridized carbons (Fsp3) is 0.655. The minimum absolute atomic E-state index is 0.198. The van der Waals surface area contributed by atoms with Crippen LogP contribution in [0.4, 0.5) is 4.79 Å². The average Bonchev–Trinajstić information content (AvgIpc) is 3.20. The van der Waals surface area contributed by atoms with Gasteiger partial charge >= 0.3 is 6.09 Å². The quantitative estimate of drug-likeness (QED) is 0.295. The van der Waals surface area contributed by atoms with Crippen LogP contribution in [0.15, 0.2) is 41.2 Å². The van der Waals surface area contributed by atoms with Gasteiger partial charge in [0.25, 0.3) is 0 Å². The Bertz CT molecular complexity index is 1050. The largest absolute Gasteiger partial charge is 0.436 e. The van der Waals surface area contributed by atoms with E-state index in [-0.39, 0.29) is 10.8 Å². The Labute approximate surface area is 209 Å². The molecule has 0 unspecified atom stereocenters. The number of nitrogens with zero attached hydrogens (tertiary/aromatic N) is 3. The van der Waals surface area contributed by atoms with Crippen LogP contribution in [-0.4, -0.2) is 34.5 Å². The number of aromatic nitrogens is 1. The maximum absolute atomic E-state index is 12.5. The van der Waals surface area contributed by atoms with Crippen molar-refractivity contribution in [3.05, 3.63) is 41.7 Å². The highest BCUT2D eigenvalue weighted by Gasteiger charge is 2.59. The zero-order valence-corrected chi connectivity index (χ0v) is 21.6. The van der Waals surface area contributed by atoms with Crippen LogP contribution in [0.5, 0.6) is 0 Å². The van der Waals surface area contributed by atoms with Crippen molar-refractivity contribution in [1.29, 1.82) is 0 Å². The minimum Gasteiger partial charge on any atom is -0.303 e. The van der Waals surface area contributed by atoms with Crippen LogP contribution in [0.2, 0.25) is 0 Å². The van der Waals surface area contributed by atoms with Gasteiger partial charge in [0.1, 0.15) is 0 Å². The molecule has 1 heterocycles. The van der Waals surface area contributed by atoms with Gasteiger partial charge in [0, 0.05) is 25.6 Å². The molecule has 6 nitrogen and oxygen atoms in total. The molecule has 0 aliphatic heterocycles. The number of rotatable bonds is 4. The highest BCUT2D eigenvalue weighted by atomic mass is 16.7. The number of ketones is 1. The number of carbonyl (C=O) groups excluding carboxylic acids is 2. The SMILES string of the molecule is C/C(=N\OC(=O)N(C)Cc1ccccn1)[C@H]1CC[C@H]2[C@@H]3CCC4=CC(=O)CC[C@]4(C)[C@H]3CC[C@]12C.